The van der Waals surface area contributed by atoms with E-state index >= 15 is 0 Å². The lowest BCUT2D eigenvalue weighted by Crippen LogP contribution is -2.30. The molecule has 1 N–H and O–H groups in total. The molecule has 4 heteroatoms. The summed E-state index contributed by atoms with van der Waals surface area (Å²) in [6.07, 6.45) is 4.03. The third-order valence-electron chi connectivity index (χ3n) is 7.21. The zero-order valence-electron chi connectivity index (χ0n) is 21.4. The van der Waals surface area contributed by atoms with Crippen molar-refractivity contribution in [2.75, 3.05) is 19.7 Å². The number of rotatable bonds is 7. The molecule has 0 spiro atoms. The first-order valence-electron chi connectivity index (χ1n) is 13.4. The molecule has 1 fully saturated rings. The highest BCUT2D eigenvalue weighted by molar-refractivity contribution is 5.80. The Morgan fingerprint density at radius 1 is 0.579 bits per heavy atom. The molecule has 1 aromatic heterocycles. The molecular weight excluding hydrogens is 466 g/mol. The summed E-state index contributed by atoms with van der Waals surface area (Å²) in [5.74, 6) is 1.13. The topological polar surface area (TPSA) is 47.0 Å². The molecular formula is C34H31N3O. The molecule has 188 valence electrons. The Balaban J connectivity index is 1.33. The standard InChI is InChI=1S/C34H31N3O/c1-3-7-26(8-4-1)28-11-15-30(16-12-28)33-34(31-17-13-29(14-18-31)27-9-5-2-6-10-27)37-32(23-36-33)38-24-25-19-21-35-22-20-25/h1-18,23,25,35H,19-22,24H2. The molecule has 1 aliphatic rings. The molecule has 0 radical (unpaired) electrons. The van der Waals surface area contributed by atoms with Gasteiger partial charge in [-0.1, -0.05) is 109 Å². The van der Waals surface area contributed by atoms with Gasteiger partial charge < -0.3 is 10.1 Å². The van der Waals surface area contributed by atoms with Gasteiger partial charge in [0.1, 0.15) is 5.69 Å². The van der Waals surface area contributed by atoms with Gasteiger partial charge >= 0.3 is 0 Å². The predicted molar refractivity (Wildman–Crippen MR) is 155 cm³/mol. The van der Waals surface area contributed by atoms with Gasteiger partial charge in [0.05, 0.1) is 18.5 Å². The number of hydrogen-bond donors (Lipinski definition) is 1. The van der Waals surface area contributed by atoms with E-state index in [2.05, 4.69) is 102 Å². The van der Waals surface area contributed by atoms with Crippen molar-refractivity contribution in [1.82, 2.24) is 15.3 Å². The Labute approximate surface area is 224 Å². The molecule has 0 atom stereocenters. The van der Waals surface area contributed by atoms with Crippen molar-refractivity contribution in [1.29, 1.82) is 0 Å². The molecule has 4 aromatic carbocycles. The van der Waals surface area contributed by atoms with E-state index in [0.29, 0.717) is 18.4 Å². The van der Waals surface area contributed by atoms with Gasteiger partial charge in [-0.15, -0.1) is 0 Å². The highest BCUT2D eigenvalue weighted by Crippen LogP contribution is 2.33. The van der Waals surface area contributed by atoms with Gasteiger partial charge in [0.25, 0.3) is 0 Å². The van der Waals surface area contributed by atoms with Gasteiger partial charge in [-0.25, -0.2) is 9.97 Å². The number of piperidine rings is 1. The van der Waals surface area contributed by atoms with Crippen LogP contribution < -0.4 is 10.1 Å². The Bertz CT molecular complexity index is 1460. The van der Waals surface area contributed by atoms with E-state index in [9.17, 15) is 0 Å². The Morgan fingerprint density at radius 2 is 1.05 bits per heavy atom. The van der Waals surface area contributed by atoms with E-state index < -0.39 is 0 Å². The lowest BCUT2D eigenvalue weighted by Gasteiger charge is -2.22. The second kappa shape index (κ2) is 11.4. The van der Waals surface area contributed by atoms with E-state index in [-0.39, 0.29) is 0 Å². The number of nitrogens with zero attached hydrogens (tertiary/aromatic N) is 2. The maximum Gasteiger partial charge on any atom is 0.232 e. The van der Waals surface area contributed by atoms with Gasteiger partial charge in [0.2, 0.25) is 5.88 Å². The third kappa shape index (κ3) is 5.51. The summed E-state index contributed by atoms with van der Waals surface area (Å²) in [7, 11) is 0. The fraction of sp³-hybridized carbons (Fsp3) is 0.176. The minimum atomic E-state index is 0.553. The predicted octanol–water partition coefficient (Wildman–Crippen LogP) is 7.52. The minimum absolute atomic E-state index is 0.553. The molecule has 2 heterocycles. The molecule has 0 aliphatic carbocycles. The number of ether oxygens (including phenoxy) is 1. The van der Waals surface area contributed by atoms with Crippen molar-refractivity contribution in [3.05, 3.63) is 115 Å². The van der Waals surface area contributed by atoms with Gasteiger partial charge in [0.15, 0.2) is 0 Å². The third-order valence-corrected chi connectivity index (χ3v) is 7.21. The van der Waals surface area contributed by atoms with Crippen LogP contribution in [0.1, 0.15) is 12.8 Å². The summed E-state index contributed by atoms with van der Waals surface area (Å²) in [6.45, 7) is 2.78. The van der Waals surface area contributed by atoms with Gasteiger partial charge in [-0.3, -0.25) is 0 Å². The van der Waals surface area contributed by atoms with Gasteiger partial charge in [-0.05, 0) is 54.1 Å². The quantitative estimate of drug-likeness (QED) is 0.253. The van der Waals surface area contributed by atoms with Crippen LogP contribution in [0, 0.1) is 5.92 Å². The second-order valence-electron chi connectivity index (χ2n) is 9.80. The van der Waals surface area contributed by atoms with Crippen LogP contribution in [0.5, 0.6) is 5.88 Å². The molecule has 6 rings (SSSR count). The van der Waals surface area contributed by atoms with Crippen LogP contribution in [0.3, 0.4) is 0 Å². The fourth-order valence-corrected chi connectivity index (χ4v) is 5.01. The van der Waals surface area contributed by atoms with Crippen LogP contribution in [-0.4, -0.2) is 29.7 Å². The molecule has 1 saturated heterocycles. The molecule has 0 unspecified atom stereocenters. The molecule has 0 bridgehead atoms. The van der Waals surface area contributed by atoms with E-state index in [4.69, 9.17) is 14.7 Å². The summed E-state index contributed by atoms with van der Waals surface area (Å²) in [5.41, 5.74) is 8.49. The lowest BCUT2D eigenvalue weighted by molar-refractivity contribution is 0.208. The summed E-state index contributed by atoms with van der Waals surface area (Å²) >= 11 is 0. The van der Waals surface area contributed by atoms with Crippen molar-refractivity contribution in [2.24, 2.45) is 5.92 Å². The Morgan fingerprint density at radius 3 is 1.61 bits per heavy atom. The van der Waals surface area contributed by atoms with Crippen molar-refractivity contribution < 1.29 is 4.74 Å². The summed E-state index contributed by atoms with van der Waals surface area (Å²) < 4.78 is 6.17. The van der Waals surface area contributed by atoms with Crippen LogP contribution in [0.15, 0.2) is 115 Å². The van der Waals surface area contributed by atoms with Crippen molar-refractivity contribution in [3.63, 3.8) is 0 Å². The molecule has 5 aromatic rings. The zero-order chi connectivity index (χ0) is 25.6. The highest BCUT2D eigenvalue weighted by Gasteiger charge is 2.17. The monoisotopic (exact) mass is 497 g/mol. The van der Waals surface area contributed by atoms with Crippen LogP contribution in [0.2, 0.25) is 0 Å². The maximum atomic E-state index is 6.17. The van der Waals surface area contributed by atoms with Crippen molar-refractivity contribution in [2.45, 2.75) is 12.8 Å². The first kappa shape index (κ1) is 24.1. The van der Waals surface area contributed by atoms with E-state index in [0.717, 1.165) is 48.4 Å². The number of hydrogen-bond acceptors (Lipinski definition) is 4. The molecule has 1 aliphatic heterocycles. The van der Waals surface area contributed by atoms with Crippen LogP contribution in [0.25, 0.3) is 44.8 Å². The average Bonchev–Trinajstić information content (AvgIpc) is 3.01. The molecule has 4 nitrogen and oxygen atoms in total. The van der Waals surface area contributed by atoms with E-state index in [1.165, 1.54) is 22.3 Å². The molecule has 0 amide bonds. The fourth-order valence-electron chi connectivity index (χ4n) is 5.01. The normalized spacial score (nSPS) is 13.8. The largest absolute Gasteiger partial charge is 0.476 e. The van der Waals surface area contributed by atoms with Crippen LogP contribution >= 0.6 is 0 Å². The molecule has 38 heavy (non-hydrogen) atoms. The number of aromatic nitrogens is 2. The van der Waals surface area contributed by atoms with Gasteiger partial charge in [-0.2, -0.15) is 0 Å². The summed E-state index contributed by atoms with van der Waals surface area (Å²) in [6, 6.07) is 38.0. The second-order valence-corrected chi connectivity index (χ2v) is 9.80. The lowest BCUT2D eigenvalue weighted by atomic mass is 9.98. The number of nitrogens with one attached hydrogen (secondary N) is 1. The van der Waals surface area contributed by atoms with E-state index in [1.807, 2.05) is 12.1 Å². The summed E-state index contributed by atoms with van der Waals surface area (Å²) in [5, 5.41) is 3.42. The van der Waals surface area contributed by atoms with Crippen LogP contribution in [-0.2, 0) is 0 Å². The van der Waals surface area contributed by atoms with E-state index in [1.54, 1.807) is 6.20 Å². The molecule has 0 saturated carbocycles. The van der Waals surface area contributed by atoms with Crippen molar-refractivity contribution >= 4 is 0 Å². The smallest absolute Gasteiger partial charge is 0.232 e. The SMILES string of the molecule is c1ccc(-c2ccc(-c3ncc(OCC4CCNCC4)nc3-c3ccc(-c4ccccc4)cc3)cc2)cc1. The highest BCUT2D eigenvalue weighted by atomic mass is 16.5. The average molecular weight is 498 g/mol. The van der Waals surface area contributed by atoms with Crippen molar-refractivity contribution in [3.8, 4) is 50.6 Å². The van der Waals surface area contributed by atoms with Crippen LogP contribution in [0.4, 0.5) is 0 Å². The maximum absolute atomic E-state index is 6.17. The first-order chi connectivity index (χ1) is 18.8. The van der Waals surface area contributed by atoms with Gasteiger partial charge in [0, 0.05) is 11.1 Å². The number of benzene rings is 4. The Hall–Kier alpha value is -4.28. The Kier molecular flexibility index (Phi) is 7.23. The zero-order valence-corrected chi connectivity index (χ0v) is 21.4. The first-order valence-corrected chi connectivity index (χ1v) is 13.4. The summed E-state index contributed by atoms with van der Waals surface area (Å²) in [4.78, 5) is 9.86. The minimum Gasteiger partial charge on any atom is -0.476 e.